The minimum Gasteiger partial charge on any atom is -0.351 e. The monoisotopic (exact) mass is 492 g/mol. The van der Waals surface area contributed by atoms with Crippen LogP contribution in [0.15, 0.2) is 95.7 Å². The number of anilines is 1. The molecule has 154 valence electrons. The number of nitrogens with zero attached hydrogens (tertiary/aromatic N) is 3. The first-order chi connectivity index (χ1) is 15.1. The van der Waals surface area contributed by atoms with E-state index in [1.54, 1.807) is 18.3 Å². The van der Waals surface area contributed by atoms with E-state index in [0.717, 1.165) is 21.5 Å². The molecule has 5 rings (SSSR count). The van der Waals surface area contributed by atoms with Crippen LogP contribution in [0.2, 0.25) is 0 Å². The molecule has 0 aliphatic carbocycles. The molecule has 0 bridgehead atoms. The van der Waals surface area contributed by atoms with Gasteiger partial charge in [-0.25, -0.2) is 4.39 Å². The first kappa shape index (κ1) is 19.9. The minimum absolute atomic E-state index is 0.239. The highest BCUT2D eigenvalue weighted by Gasteiger charge is 2.42. The molecule has 31 heavy (non-hydrogen) atoms. The number of benzene rings is 2. The van der Waals surface area contributed by atoms with Crippen molar-refractivity contribution in [2.24, 2.45) is 0 Å². The van der Waals surface area contributed by atoms with Crippen LogP contribution in [0.1, 0.15) is 23.5 Å². The Labute approximate surface area is 193 Å². The third-order valence-corrected chi connectivity index (χ3v) is 6.24. The van der Waals surface area contributed by atoms with Crippen molar-refractivity contribution >= 4 is 38.9 Å². The second-order valence-electron chi connectivity index (χ2n) is 7.23. The predicted octanol–water partition coefficient (Wildman–Crippen LogP) is 5.95. The van der Waals surface area contributed by atoms with Crippen molar-refractivity contribution in [1.29, 1.82) is 0 Å². The number of nitrogens with one attached hydrogen (secondary N) is 1. The molecule has 4 nitrogen and oxygen atoms in total. The quantitative estimate of drug-likeness (QED) is 0.356. The van der Waals surface area contributed by atoms with Gasteiger partial charge < -0.3 is 14.8 Å². The Bertz CT molecular complexity index is 1230. The largest absolute Gasteiger partial charge is 0.351 e. The zero-order chi connectivity index (χ0) is 21.4. The third kappa shape index (κ3) is 3.64. The number of hydrogen-bond donors (Lipinski definition) is 1. The Morgan fingerprint density at radius 1 is 0.935 bits per heavy atom. The highest BCUT2D eigenvalue weighted by molar-refractivity contribution is 9.10. The van der Waals surface area contributed by atoms with Gasteiger partial charge in [0.15, 0.2) is 5.11 Å². The molecular formula is C24H18BrFN4S. The highest BCUT2D eigenvalue weighted by Crippen LogP contribution is 2.42. The Morgan fingerprint density at radius 3 is 2.45 bits per heavy atom. The molecule has 1 saturated heterocycles. The SMILES string of the molecule is Fc1ccccc1N1C(=S)NC(c2ccccn2)C1c1cccn1-c1ccc(Br)cc1. The fourth-order valence-corrected chi connectivity index (χ4v) is 4.64. The van der Waals surface area contributed by atoms with Crippen molar-refractivity contribution in [2.45, 2.75) is 12.1 Å². The zero-order valence-corrected chi connectivity index (χ0v) is 18.7. The summed E-state index contributed by atoms with van der Waals surface area (Å²) in [5.41, 5.74) is 3.27. The van der Waals surface area contributed by atoms with E-state index in [1.807, 2.05) is 71.8 Å². The average Bonchev–Trinajstić information content (AvgIpc) is 3.40. The van der Waals surface area contributed by atoms with Gasteiger partial charge in [0.05, 0.1) is 17.4 Å². The molecule has 2 unspecified atom stereocenters. The van der Waals surface area contributed by atoms with E-state index in [4.69, 9.17) is 12.2 Å². The lowest BCUT2D eigenvalue weighted by Crippen LogP contribution is -2.31. The lowest BCUT2D eigenvalue weighted by Gasteiger charge is -2.29. The fourth-order valence-electron chi connectivity index (χ4n) is 4.03. The Hall–Kier alpha value is -3.03. The molecule has 2 aromatic heterocycles. The van der Waals surface area contributed by atoms with E-state index in [2.05, 4.69) is 30.8 Å². The van der Waals surface area contributed by atoms with Crippen LogP contribution in [0.25, 0.3) is 5.69 Å². The molecule has 1 aliphatic rings. The van der Waals surface area contributed by atoms with Crippen LogP contribution < -0.4 is 10.2 Å². The van der Waals surface area contributed by atoms with Gasteiger partial charge in [-0.15, -0.1) is 0 Å². The van der Waals surface area contributed by atoms with Crippen molar-refractivity contribution in [1.82, 2.24) is 14.9 Å². The second-order valence-corrected chi connectivity index (χ2v) is 8.53. The molecule has 0 amide bonds. The summed E-state index contributed by atoms with van der Waals surface area (Å²) in [5, 5.41) is 3.85. The van der Waals surface area contributed by atoms with Crippen LogP contribution in [0.3, 0.4) is 0 Å². The predicted molar refractivity (Wildman–Crippen MR) is 128 cm³/mol. The lowest BCUT2D eigenvalue weighted by molar-refractivity contribution is 0.542. The summed E-state index contributed by atoms with van der Waals surface area (Å²) in [6, 6.07) is 24.1. The Kier molecular flexibility index (Phi) is 5.29. The van der Waals surface area contributed by atoms with Crippen molar-refractivity contribution in [3.05, 3.63) is 113 Å². The highest BCUT2D eigenvalue weighted by atomic mass is 79.9. The number of thiocarbonyl (C=S) groups is 1. The van der Waals surface area contributed by atoms with Gasteiger partial charge in [0, 0.05) is 28.2 Å². The van der Waals surface area contributed by atoms with Crippen molar-refractivity contribution in [2.75, 3.05) is 4.90 Å². The second kappa shape index (κ2) is 8.24. The standard InChI is InChI=1S/C24H18BrFN4S/c25-16-10-12-17(13-11-16)29-15-5-9-21(29)23-22(19-7-3-4-14-27-19)28-24(31)30(23)20-8-2-1-6-18(20)26/h1-15,22-23H,(H,28,31). The topological polar surface area (TPSA) is 33.1 Å². The smallest absolute Gasteiger partial charge is 0.174 e. The molecule has 1 N–H and O–H groups in total. The molecule has 2 aromatic carbocycles. The molecule has 0 saturated carbocycles. The van der Waals surface area contributed by atoms with Crippen LogP contribution in [0.4, 0.5) is 10.1 Å². The summed E-state index contributed by atoms with van der Waals surface area (Å²) in [5.74, 6) is -0.319. The molecule has 1 aliphatic heterocycles. The van der Waals surface area contributed by atoms with E-state index in [9.17, 15) is 4.39 Å². The van der Waals surface area contributed by atoms with E-state index >= 15 is 0 Å². The molecule has 1 fully saturated rings. The number of para-hydroxylation sites is 1. The number of aromatic nitrogens is 2. The number of rotatable bonds is 4. The van der Waals surface area contributed by atoms with Gasteiger partial charge in [0.2, 0.25) is 0 Å². The normalized spacial score (nSPS) is 18.3. The summed E-state index contributed by atoms with van der Waals surface area (Å²) >= 11 is 9.19. The van der Waals surface area contributed by atoms with Gasteiger partial charge in [-0.2, -0.15) is 0 Å². The molecule has 3 heterocycles. The van der Waals surface area contributed by atoms with E-state index < -0.39 is 0 Å². The van der Waals surface area contributed by atoms with E-state index in [-0.39, 0.29) is 17.9 Å². The molecule has 7 heteroatoms. The van der Waals surface area contributed by atoms with Gasteiger partial charge in [0.25, 0.3) is 0 Å². The summed E-state index contributed by atoms with van der Waals surface area (Å²) in [7, 11) is 0. The number of hydrogen-bond acceptors (Lipinski definition) is 2. The first-order valence-corrected chi connectivity index (χ1v) is 11.0. The number of pyridine rings is 1. The lowest BCUT2D eigenvalue weighted by atomic mass is 10.0. The van der Waals surface area contributed by atoms with E-state index in [1.165, 1.54) is 6.07 Å². The molecule has 0 spiro atoms. The van der Waals surface area contributed by atoms with Crippen LogP contribution in [-0.4, -0.2) is 14.7 Å². The molecule has 4 aromatic rings. The van der Waals surface area contributed by atoms with Gasteiger partial charge in [-0.3, -0.25) is 4.98 Å². The molecule has 0 radical (unpaired) electrons. The molecular weight excluding hydrogens is 475 g/mol. The molecule has 2 atom stereocenters. The Morgan fingerprint density at radius 2 is 1.71 bits per heavy atom. The zero-order valence-electron chi connectivity index (χ0n) is 16.3. The van der Waals surface area contributed by atoms with Crippen LogP contribution in [-0.2, 0) is 0 Å². The summed E-state index contributed by atoms with van der Waals surface area (Å²) in [6.45, 7) is 0. The van der Waals surface area contributed by atoms with Gasteiger partial charge in [0.1, 0.15) is 11.9 Å². The van der Waals surface area contributed by atoms with Gasteiger partial charge in [-0.05, 0) is 72.9 Å². The maximum atomic E-state index is 14.9. The first-order valence-electron chi connectivity index (χ1n) is 9.82. The fraction of sp³-hybridized carbons (Fsp3) is 0.0833. The van der Waals surface area contributed by atoms with Crippen LogP contribution in [0.5, 0.6) is 0 Å². The van der Waals surface area contributed by atoms with Gasteiger partial charge in [-0.1, -0.05) is 34.1 Å². The van der Waals surface area contributed by atoms with Crippen LogP contribution >= 0.6 is 28.1 Å². The third-order valence-electron chi connectivity index (χ3n) is 5.40. The summed E-state index contributed by atoms with van der Waals surface area (Å²) in [4.78, 5) is 6.42. The maximum absolute atomic E-state index is 14.9. The summed E-state index contributed by atoms with van der Waals surface area (Å²) < 4.78 is 18.0. The van der Waals surface area contributed by atoms with Crippen molar-refractivity contribution in [3.8, 4) is 5.69 Å². The summed E-state index contributed by atoms with van der Waals surface area (Å²) in [6.07, 6.45) is 3.77. The van der Waals surface area contributed by atoms with Crippen molar-refractivity contribution in [3.63, 3.8) is 0 Å². The van der Waals surface area contributed by atoms with Crippen LogP contribution in [0, 0.1) is 5.82 Å². The van der Waals surface area contributed by atoms with Gasteiger partial charge >= 0.3 is 0 Å². The minimum atomic E-state index is -0.319. The van der Waals surface area contributed by atoms with Crippen molar-refractivity contribution < 1.29 is 4.39 Å². The maximum Gasteiger partial charge on any atom is 0.174 e. The van der Waals surface area contributed by atoms with E-state index in [0.29, 0.717) is 10.8 Å². The average molecular weight is 493 g/mol. The Balaban J connectivity index is 1.68. The number of halogens is 2.